The first-order valence-corrected chi connectivity index (χ1v) is 8.82. The largest absolute Gasteiger partial charge is 0.461 e. The van der Waals surface area contributed by atoms with Gasteiger partial charge >= 0.3 is 0 Å². The molecule has 0 amide bonds. The summed E-state index contributed by atoms with van der Waals surface area (Å²) in [5.41, 5.74) is 2.48. The van der Waals surface area contributed by atoms with Gasteiger partial charge in [0.15, 0.2) is 11.6 Å². The van der Waals surface area contributed by atoms with Crippen LogP contribution in [-0.2, 0) is 0 Å². The summed E-state index contributed by atoms with van der Waals surface area (Å²) in [5, 5.41) is 9.47. The summed E-state index contributed by atoms with van der Waals surface area (Å²) in [4.78, 5) is 7.18. The van der Waals surface area contributed by atoms with E-state index in [1.165, 1.54) is 19.3 Å². The lowest BCUT2D eigenvalue weighted by atomic mass is 10.1. The molecule has 0 bridgehead atoms. The number of piperidine rings is 1. The van der Waals surface area contributed by atoms with Crippen LogP contribution in [0.25, 0.3) is 28.3 Å². The normalized spacial score (nSPS) is 15.3. The lowest BCUT2D eigenvalue weighted by molar-refractivity contribution is 0.574. The van der Waals surface area contributed by atoms with Crippen LogP contribution in [0.2, 0.25) is 5.02 Å². The van der Waals surface area contributed by atoms with Gasteiger partial charge in [0.25, 0.3) is 0 Å². The number of nitrogens with zero attached hydrogens (tertiary/aromatic N) is 5. The van der Waals surface area contributed by atoms with Crippen molar-refractivity contribution in [3.63, 3.8) is 0 Å². The standard InChI is InChI=1S/C18H16ClN5O/c19-12-6-7-13-14(11-12)24-16(15-5-4-10-25-15)21-22-18(24)17(20-13)23-8-2-1-3-9-23/h4-7,10-11H,1-3,8-9H2. The van der Waals surface area contributed by atoms with Gasteiger partial charge in [0.05, 0.1) is 17.3 Å². The SMILES string of the molecule is Clc1ccc2nc(N3CCCCC3)c3nnc(-c4ccco4)n3c2c1. The zero-order valence-electron chi connectivity index (χ0n) is 13.5. The fraction of sp³-hybridized carbons (Fsp3) is 0.278. The summed E-state index contributed by atoms with van der Waals surface area (Å²) in [6.45, 7) is 1.98. The maximum Gasteiger partial charge on any atom is 0.204 e. The van der Waals surface area contributed by atoms with Gasteiger partial charge in [-0.3, -0.25) is 4.40 Å². The summed E-state index contributed by atoms with van der Waals surface area (Å²) >= 11 is 6.24. The van der Waals surface area contributed by atoms with Gasteiger partial charge in [-0.05, 0) is 49.6 Å². The topological polar surface area (TPSA) is 59.5 Å². The molecule has 25 heavy (non-hydrogen) atoms. The van der Waals surface area contributed by atoms with E-state index in [2.05, 4.69) is 15.1 Å². The Bertz CT molecular complexity index is 1050. The van der Waals surface area contributed by atoms with Crippen molar-refractivity contribution in [2.24, 2.45) is 0 Å². The molecule has 6 nitrogen and oxygen atoms in total. The summed E-state index contributed by atoms with van der Waals surface area (Å²) in [7, 11) is 0. The summed E-state index contributed by atoms with van der Waals surface area (Å²) in [6, 6.07) is 9.43. The van der Waals surface area contributed by atoms with Gasteiger partial charge in [0.2, 0.25) is 11.5 Å². The van der Waals surface area contributed by atoms with Crippen LogP contribution in [0.15, 0.2) is 41.0 Å². The van der Waals surface area contributed by atoms with Crippen LogP contribution in [0.4, 0.5) is 5.82 Å². The molecule has 4 heterocycles. The minimum absolute atomic E-state index is 0.653. The smallest absolute Gasteiger partial charge is 0.204 e. The van der Waals surface area contributed by atoms with Crippen molar-refractivity contribution in [2.75, 3.05) is 18.0 Å². The Morgan fingerprint density at radius 1 is 1.04 bits per heavy atom. The predicted molar refractivity (Wildman–Crippen MR) is 97.1 cm³/mol. The van der Waals surface area contributed by atoms with Gasteiger partial charge in [-0.1, -0.05) is 11.6 Å². The van der Waals surface area contributed by atoms with E-state index in [1.807, 2.05) is 34.7 Å². The van der Waals surface area contributed by atoms with Crippen LogP contribution in [0.3, 0.4) is 0 Å². The number of benzene rings is 1. The lowest BCUT2D eigenvalue weighted by Gasteiger charge is -2.28. The summed E-state index contributed by atoms with van der Waals surface area (Å²) in [6.07, 6.45) is 5.25. The van der Waals surface area contributed by atoms with Crippen LogP contribution < -0.4 is 4.90 Å². The highest BCUT2D eigenvalue weighted by molar-refractivity contribution is 6.31. The van der Waals surface area contributed by atoms with Crippen molar-refractivity contribution in [3.8, 4) is 11.6 Å². The lowest BCUT2D eigenvalue weighted by Crippen LogP contribution is -2.30. The van der Waals surface area contributed by atoms with Gasteiger partial charge < -0.3 is 9.32 Å². The number of aromatic nitrogens is 4. The van der Waals surface area contributed by atoms with Crippen molar-refractivity contribution in [3.05, 3.63) is 41.6 Å². The van der Waals surface area contributed by atoms with Crippen LogP contribution in [-0.4, -0.2) is 32.7 Å². The average molecular weight is 354 g/mol. The second-order valence-electron chi connectivity index (χ2n) is 6.28. The Kier molecular flexibility index (Phi) is 3.38. The van der Waals surface area contributed by atoms with Crippen LogP contribution in [0, 0.1) is 0 Å². The van der Waals surface area contributed by atoms with Crippen molar-refractivity contribution in [2.45, 2.75) is 19.3 Å². The zero-order chi connectivity index (χ0) is 16.8. The summed E-state index contributed by atoms with van der Waals surface area (Å²) in [5.74, 6) is 2.21. The van der Waals surface area contributed by atoms with E-state index in [9.17, 15) is 0 Å². The van der Waals surface area contributed by atoms with Gasteiger partial charge in [-0.15, -0.1) is 10.2 Å². The molecule has 0 saturated carbocycles. The van der Waals surface area contributed by atoms with Crippen molar-refractivity contribution >= 4 is 34.1 Å². The molecule has 126 valence electrons. The molecule has 3 aromatic heterocycles. The average Bonchev–Trinajstić information content (AvgIpc) is 3.31. The molecular weight excluding hydrogens is 338 g/mol. The highest BCUT2D eigenvalue weighted by Gasteiger charge is 2.22. The third-order valence-corrected chi connectivity index (χ3v) is 4.90. The van der Waals surface area contributed by atoms with E-state index in [-0.39, 0.29) is 0 Å². The fourth-order valence-corrected chi connectivity index (χ4v) is 3.64. The Labute approximate surface area is 149 Å². The molecule has 0 aliphatic carbocycles. The maximum atomic E-state index is 6.24. The van der Waals surface area contributed by atoms with Crippen molar-refractivity contribution < 1.29 is 4.42 Å². The second kappa shape index (κ2) is 5.74. The highest BCUT2D eigenvalue weighted by Crippen LogP contribution is 2.31. The molecule has 0 radical (unpaired) electrons. The minimum Gasteiger partial charge on any atom is -0.461 e. The Balaban J connectivity index is 1.85. The molecule has 0 unspecified atom stereocenters. The van der Waals surface area contributed by atoms with Crippen LogP contribution in [0.5, 0.6) is 0 Å². The van der Waals surface area contributed by atoms with Crippen molar-refractivity contribution in [1.82, 2.24) is 19.6 Å². The monoisotopic (exact) mass is 353 g/mol. The van der Waals surface area contributed by atoms with E-state index < -0.39 is 0 Å². The molecule has 5 rings (SSSR count). The Morgan fingerprint density at radius 2 is 1.92 bits per heavy atom. The van der Waals surface area contributed by atoms with Crippen LogP contribution in [0.1, 0.15) is 19.3 Å². The molecule has 0 atom stereocenters. The van der Waals surface area contributed by atoms with E-state index in [0.29, 0.717) is 16.6 Å². The van der Waals surface area contributed by atoms with Gasteiger partial charge in [-0.2, -0.15) is 0 Å². The number of halogens is 1. The quantitative estimate of drug-likeness (QED) is 0.541. The van der Waals surface area contributed by atoms with Crippen LogP contribution >= 0.6 is 11.6 Å². The van der Waals surface area contributed by atoms with E-state index in [1.54, 1.807) is 6.26 Å². The third-order valence-electron chi connectivity index (χ3n) is 4.66. The first kappa shape index (κ1) is 14.7. The molecule has 1 fully saturated rings. The molecule has 1 aliphatic heterocycles. The molecule has 1 aliphatic rings. The number of furan rings is 1. The fourth-order valence-electron chi connectivity index (χ4n) is 3.47. The Morgan fingerprint density at radius 3 is 2.72 bits per heavy atom. The maximum absolute atomic E-state index is 6.24. The molecule has 7 heteroatoms. The third kappa shape index (κ3) is 2.36. The number of hydrogen-bond donors (Lipinski definition) is 0. The number of rotatable bonds is 2. The number of hydrogen-bond acceptors (Lipinski definition) is 5. The predicted octanol–water partition coefficient (Wildman–Crippen LogP) is 4.18. The molecule has 1 aromatic carbocycles. The molecular formula is C18H16ClN5O. The molecule has 4 aromatic rings. The van der Waals surface area contributed by atoms with Gasteiger partial charge in [-0.25, -0.2) is 4.98 Å². The molecule has 0 spiro atoms. The minimum atomic E-state index is 0.653. The number of anilines is 1. The van der Waals surface area contributed by atoms with E-state index in [4.69, 9.17) is 21.0 Å². The first-order valence-electron chi connectivity index (χ1n) is 8.44. The Hall–Kier alpha value is -2.60. The highest BCUT2D eigenvalue weighted by atomic mass is 35.5. The van der Waals surface area contributed by atoms with E-state index >= 15 is 0 Å². The first-order chi connectivity index (χ1) is 12.3. The van der Waals surface area contributed by atoms with Gasteiger partial charge in [0.1, 0.15) is 0 Å². The van der Waals surface area contributed by atoms with Crippen molar-refractivity contribution in [1.29, 1.82) is 0 Å². The second-order valence-corrected chi connectivity index (χ2v) is 6.71. The van der Waals surface area contributed by atoms with Gasteiger partial charge in [0, 0.05) is 18.1 Å². The molecule has 0 N–H and O–H groups in total. The zero-order valence-corrected chi connectivity index (χ0v) is 14.3. The van der Waals surface area contributed by atoms with E-state index in [0.717, 1.165) is 35.6 Å². The number of fused-ring (bicyclic) bond motifs is 3. The summed E-state index contributed by atoms with van der Waals surface area (Å²) < 4.78 is 7.56. The molecule has 1 saturated heterocycles.